The zero-order chi connectivity index (χ0) is 19.7. The summed E-state index contributed by atoms with van der Waals surface area (Å²) in [5, 5.41) is 12.3. The summed E-state index contributed by atoms with van der Waals surface area (Å²) in [4.78, 5) is 37.4. The second kappa shape index (κ2) is 7.28. The van der Waals surface area contributed by atoms with Crippen LogP contribution in [0.15, 0.2) is 36.4 Å². The number of hydrogen-bond donors (Lipinski definition) is 2. The number of halogens is 1. The SMILES string of the molecule is Cc1ccc(Cl)cc1NC(=O)CN1C(=O)C(C)Oc2cc(C(=O)O)ccc21. The first-order valence-corrected chi connectivity index (χ1v) is 8.55. The molecule has 0 bridgehead atoms. The first kappa shape index (κ1) is 18.7. The average molecular weight is 389 g/mol. The number of amides is 2. The maximum atomic E-state index is 12.5. The van der Waals surface area contributed by atoms with E-state index in [0.717, 1.165) is 5.56 Å². The predicted molar refractivity (Wildman–Crippen MR) is 101 cm³/mol. The quantitative estimate of drug-likeness (QED) is 0.839. The van der Waals surface area contributed by atoms with Crippen molar-refractivity contribution in [2.45, 2.75) is 20.0 Å². The molecule has 0 aromatic heterocycles. The highest BCUT2D eigenvalue weighted by molar-refractivity contribution is 6.31. The summed E-state index contributed by atoms with van der Waals surface area (Å²) in [7, 11) is 0. The number of fused-ring (bicyclic) bond motifs is 1. The van der Waals surface area contributed by atoms with Crippen LogP contribution in [-0.4, -0.2) is 35.5 Å². The van der Waals surface area contributed by atoms with E-state index in [9.17, 15) is 14.4 Å². The van der Waals surface area contributed by atoms with E-state index in [4.69, 9.17) is 21.4 Å². The number of benzene rings is 2. The first-order chi connectivity index (χ1) is 12.8. The summed E-state index contributed by atoms with van der Waals surface area (Å²) >= 11 is 5.96. The first-order valence-electron chi connectivity index (χ1n) is 8.17. The van der Waals surface area contributed by atoms with Gasteiger partial charge in [0, 0.05) is 10.7 Å². The molecule has 0 fully saturated rings. The van der Waals surface area contributed by atoms with Crippen LogP contribution in [0.5, 0.6) is 5.75 Å². The average Bonchev–Trinajstić information content (AvgIpc) is 2.61. The Morgan fingerprint density at radius 2 is 2.00 bits per heavy atom. The molecule has 2 amide bonds. The van der Waals surface area contributed by atoms with Crippen LogP contribution in [0.25, 0.3) is 0 Å². The highest BCUT2D eigenvalue weighted by Gasteiger charge is 2.33. The summed E-state index contributed by atoms with van der Waals surface area (Å²) in [6, 6.07) is 9.29. The molecule has 0 spiro atoms. The van der Waals surface area contributed by atoms with E-state index < -0.39 is 18.0 Å². The molecule has 0 saturated carbocycles. The molecule has 2 N–H and O–H groups in total. The lowest BCUT2D eigenvalue weighted by atomic mass is 10.1. The zero-order valence-corrected chi connectivity index (χ0v) is 15.4. The molecular formula is C19H17ClN2O5. The third-order valence-electron chi connectivity index (χ3n) is 4.19. The standard InChI is InChI=1S/C19H17ClN2O5/c1-10-3-5-13(20)8-14(10)21-17(23)9-22-15-6-4-12(19(25)26)7-16(15)27-11(2)18(22)24/h3-8,11H,9H2,1-2H3,(H,21,23)(H,25,26). The van der Waals surface area contributed by atoms with Gasteiger partial charge >= 0.3 is 5.97 Å². The minimum absolute atomic E-state index is 0.0363. The number of carbonyl (C=O) groups excluding carboxylic acids is 2. The van der Waals surface area contributed by atoms with Gasteiger partial charge in [-0.3, -0.25) is 14.5 Å². The van der Waals surface area contributed by atoms with Crippen molar-refractivity contribution in [1.29, 1.82) is 0 Å². The van der Waals surface area contributed by atoms with Gasteiger partial charge in [-0.25, -0.2) is 4.79 Å². The Labute approximate surface area is 160 Å². The Bertz CT molecular complexity index is 944. The van der Waals surface area contributed by atoms with Gasteiger partial charge in [-0.15, -0.1) is 0 Å². The van der Waals surface area contributed by atoms with Crippen molar-refractivity contribution in [3.8, 4) is 5.75 Å². The number of hydrogen-bond acceptors (Lipinski definition) is 4. The van der Waals surface area contributed by atoms with E-state index in [0.29, 0.717) is 16.4 Å². The molecule has 2 aromatic rings. The molecule has 140 valence electrons. The van der Waals surface area contributed by atoms with Crippen molar-refractivity contribution in [3.63, 3.8) is 0 Å². The van der Waals surface area contributed by atoms with Crippen molar-refractivity contribution in [3.05, 3.63) is 52.5 Å². The van der Waals surface area contributed by atoms with Gasteiger partial charge in [-0.05, 0) is 49.7 Å². The topological polar surface area (TPSA) is 95.9 Å². The van der Waals surface area contributed by atoms with Gasteiger partial charge in [0.2, 0.25) is 5.91 Å². The van der Waals surface area contributed by atoms with Gasteiger partial charge < -0.3 is 15.2 Å². The van der Waals surface area contributed by atoms with Crippen LogP contribution in [0.2, 0.25) is 5.02 Å². The van der Waals surface area contributed by atoms with Crippen molar-refractivity contribution < 1.29 is 24.2 Å². The fourth-order valence-corrected chi connectivity index (χ4v) is 2.94. The van der Waals surface area contributed by atoms with Crippen LogP contribution in [0.4, 0.5) is 11.4 Å². The van der Waals surface area contributed by atoms with Gasteiger partial charge in [0.1, 0.15) is 12.3 Å². The molecule has 1 aliphatic heterocycles. The highest BCUT2D eigenvalue weighted by atomic mass is 35.5. The summed E-state index contributed by atoms with van der Waals surface area (Å²) in [5.41, 5.74) is 1.78. The van der Waals surface area contributed by atoms with Crippen molar-refractivity contribution >= 4 is 40.8 Å². The van der Waals surface area contributed by atoms with E-state index in [2.05, 4.69) is 5.32 Å². The molecule has 1 unspecified atom stereocenters. The Morgan fingerprint density at radius 1 is 1.26 bits per heavy atom. The molecular weight excluding hydrogens is 372 g/mol. The number of carboxylic acids is 1. The molecule has 0 saturated heterocycles. The van der Waals surface area contributed by atoms with Crippen molar-refractivity contribution in [2.24, 2.45) is 0 Å². The summed E-state index contributed by atoms with van der Waals surface area (Å²) in [6.07, 6.45) is -0.831. The fourth-order valence-electron chi connectivity index (χ4n) is 2.77. The smallest absolute Gasteiger partial charge is 0.335 e. The minimum Gasteiger partial charge on any atom is -0.479 e. The number of rotatable bonds is 4. The predicted octanol–water partition coefficient (Wildman–Crippen LogP) is 3.10. The lowest BCUT2D eigenvalue weighted by Crippen LogP contribution is -2.47. The number of carboxylic acid groups (broad SMARTS) is 1. The molecule has 8 heteroatoms. The van der Waals surface area contributed by atoms with Crippen LogP contribution in [0, 0.1) is 6.92 Å². The van der Waals surface area contributed by atoms with Crippen molar-refractivity contribution in [1.82, 2.24) is 0 Å². The normalized spacial score (nSPS) is 15.7. The van der Waals surface area contributed by atoms with Gasteiger partial charge in [-0.1, -0.05) is 17.7 Å². The van der Waals surface area contributed by atoms with Crippen LogP contribution in [0.3, 0.4) is 0 Å². The third-order valence-corrected chi connectivity index (χ3v) is 4.43. The molecule has 0 aliphatic carbocycles. The van der Waals surface area contributed by atoms with Crippen LogP contribution < -0.4 is 15.0 Å². The number of aromatic carboxylic acids is 1. The van der Waals surface area contributed by atoms with Crippen LogP contribution in [-0.2, 0) is 9.59 Å². The van der Waals surface area contributed by atoms with E-state index in [1.807, 2.05) is 6.92 Å². The highest BCUT2D eigenvalue weighted by Crippen LogP contribution is 2.35. The number of nitrogens with zero attached hydrogens (tertiary/aromatic N) is 1. The Kier molecular flexibility index (Phi) is 5.05. The lowest BCUT2D eigenvalue weighted by Gasteiger charge is -2.32. The number of aryl methyl sites for hydroxylation is 1. The molecule has 1 atom stereocenters. The number of anilines is 2. The van der Waals surface area contributed by atoms with Gasteiger partial charge in [0.15, 0.2) is 6.10 Å². The number of ether oxygens (including phenoxy) is 1. The number of nitrogens with one attached hydrogen (secondary N) is 1. The lowest BCUT2D eigenvalue weighted by molar-refractivity contribution is -0.127. The van der Waals surface area contributed by atoms with Crippen LogP contribution >= 0.6 is 11.6 Å². The fraction of sp³-hybridized carbons (Fsp3) is 0.211. The Balaban J connectivity index is 1.85. The maximum absolute atomic E-state index is 12.5. The van der Waals surface area contributed by atoms with Gasteiger partial charge in [0.05, 0.1) is 11.3 Å². The zero-order valence-electron chi connectivity index (χ0n) is 14.7. The van der Waals surface area contributed by atoms with E-state index >= 15 is 0 Å². The third kappa shape index (κ3) is 3.88. The Hall–Kier alpha value is -3.06. The molecule has 27 heavy (non-hydrogen) atoms. The maximum Gasteiger partial charge on any atom is 0.335 e. The summed E-state index contributed by atoms with van der Waals surface area (Å²) in [6.45, 7) is 3.14. The summed E-state index contributed by atoms with van der Waals surface area (Å²) < 4.78 is 5.50. The van der Waals surface area contributed by atoms with E-state index in [-0.39, 0.29) is 23.8 Å². The molecule has 1 aliphatic rings. The van der Waals surface area contributed by atoms with Crippen LogP contribution in [0.1, 0.15) is 22.8 Å². The largest absolute Gasteiger partial charge is 0.479 e. The second-order valence-corrected chi connectivity index (χ2v) is 6.62. The van der Waals surface area contributed by atoms with E-state index in [1.165, 1.54) is 23.1 Å². The minimum atomic E-state index is -1.10. The molecule has 2 aromatic carbocycles. The molecule has 3 rings (SSSR count). The molecule has 0 radical (unpaired) electrons. The summed E-state index contributed by atoms with van der Waals surface area (Å²) in [5.74, 6) is -1.65. The second-order valence-electron chi connectivity index (χ2n) is 6.18. The van der Waals surface area contributed by atoms with Gasteiger partial charge in [0.25, 0.3) is 5.91 Å². The van der Waals surface area contributed by atoms with E-state index in [1.54, 1.807) is 25.1 Å². The van der Waals surface area contributed by atoms with Crippen molar-refractivity contribution in [2.75, 3.05) is 16.8 Å². The monoisotopic (exact) mass is 388 g/mol. The Morgan fingerprint density at radius 3 is 2.70 bits per heavy atom. The molecule has 1 heterocycles. The van der Waals surface area contributed by atoms with Gasteiger partial charge in [-0.2, -0.15) is 0 Å². The molecule has 7 nitrogen and oxygen atoms in total. The number of carbonyl (C=O) groups is 3.